The van der Waals surface area contributed by atoms with Crippen molar-refractivity contribution >= 4 is 22.6 Å². The third kappa shape index (κ3) is 1.70. The highest BCUT2D eigenvalue weighted by molar-refractivity contribution is 14.1. The summed E-state index contributed by atoms with van der Waals surface area (Å²) in [4.78, 5) is 0. The number of hydrogen-bond donors (Lipinski definition) is 0. The van der Waals surface area contributed by atoms with Crippen molar-refractivity contribution in [3.05, 3.63) is 11.6 Å². The highest BCUT2D eigenvalue weighted by Crippen LogP contribution is 2.42. The maximum atomic E-state index is 2.58. The quantitative estimate of drug-likeness (QED) is 0.357. The molecule has 0 nitrogen and oxygen atoms in total. The van der Waals surface area contributed by atoms with Crippen LogP contribution in [0.1, 0.15) is 39.0 Å². The van der Waals surface area contributed by atoms with Gasteiger partial charge in [-0.3, -0.25) is 0 Å². The van der Waals surface area contributed by atoms with Crippen molar-refractivity contribution in [1.29, 1.82) is 0 Å². The van der Waals surface area contributed by atoms with Gasteiger partial charge in [-0.05, 0) is 38.0 Å². The molecule has 12 heavy (non-hydrogen) atoms. The Morgan fingerprint density at radius 2 is 2.08 bits per heavy atom. The number of rotatable bonds is 0. The van der Waals surface area contributed by atoms with Crippen LogP contribution in [0.25, 0.3) is 0 Å². The summed E-state index contributed by atoms with van der Waals surface area (Å²) in [6.45, 7) is 2.34. The third-order valence-electron chi connectivity index (χ3n) is 3.47. The second-order valence-electron chi connectivity index (χ2n) is 4.31. The molecule has 0 aromatic heterocycles. The van der Waals surface area contributed by atoms with Crippen LogP contribution in [0.3, 0.4) is 0 Å². The summed E-state index contributed by atoms with van der Waals surface area (Å²) in [5.41, 5.74) is 1.69. The molecule has 0 bridgehead atoms. The fraction of sp³-hybridized carbons (Fsp3) is 0.818. The first-order valence-electron chi connectivity index (χ1n) is 5.10. The van der Waals surface area contributed by atoms with Gasteiger partial charge in [-0.1, -0.05) is 47.1 Å². The van der Waals surface area contributed by atoms with E-state index in [2.05, 4.69) is 35.6 Å². The predicted octanol–water partition coefficient (Wildman–Crippen LogP) is 3.95. The van der Waals surface area contributed by atoms with Crippen molar-refractivity contribution in [3.8, 4) is 0 Å². The monoisotopic (exact) mass is 276 g/mol. The van der Waals surface area contributed by atoms with Gasteiger partial charge in [0.2, 0.25) is 0 Å². The lowest BCUT2D eigenvalue weighted by Gasteiger charge is -2.37. The summed E-state index contributed by atoms with van der Waals surface area (Å²) in [5, 5.41) is 0. The molecule has 0 aromatic rings. The summed E-state index contributed by atoms with van der Waals surface area (Å²) in [5.74, 6) is 2.00. The SMILES string of the molecule is CC1=C[C@@H](I)CC2CCCCC12. The molecule has 2 aliphatic carbocycles. The van der Waals surface area contributed by atoms with Crippen molar-refractivity contribution in [2.75, 3.05) is 0 Å². The Morgan fingerprint density at radius 3 is 2.92 bits per heavy atom. The van der Waals surface area contributed by atoms with E-state index in [4.69, 9.17) is 0 Å². The lowest BCUT2D eigenvalue weighted by Crippen LogP contribution is -2.26. The van der Waals surface area contributed by atoms with Crippen LogP contribution < -0.4 is 0 Å². The van der Waals surface area contributed by atoms with E-state index in [0.717, 1.165) is 15.8 Å². The van der Waals surface area contributed by atoms with Gasteiger partial charge in [0.25, 0.3) is 0 Å². The number of alkyl halides is 1. The van der Waals surface area contributed by atoms with E-state index in [1.807, 2.05) is 0 Å². The smallest absolute Gasteiger partial charge is 0.0294 e. The highest BCUT2D eigenvalue weighted by Gasteiger charge is 2.30. The fourth-order valence-electron chi connectivity index (χ4n) is 2.86. The first-order chi connectivity index (χ1) is 5.77. The average Bonchev–Trinajstić information content (AvgIpc) is 2.04. The molecule has 0 spiro atoms. The van der Waals surface area contributed by atoms with Gasteiger partial charge >= 0.3 is 0 Å². The second kappa shape index (κ2) is 3.69. The van der Waals surface area contributed by atoms with Gasteiger partial charge in [0.05, 0.1) is 0 Å². The van der Waals surface area contributed by atoms with E-state index in [9.17, 15) is 0 Å². The van der Waals surface area contributed by atoms with Gasteiger partial charge in [-0.15, -0.1) is 0 Å². The predicted molar refractivity (Wildman–Crippen MR) is 61.6 cm³/mol. The lowest BCUT2D eigenvalue weighted by atomic mass is 9.71. The van der Waals surface area contributed by atoms with Crippen LogP contribution in [0.15, 0.2) is 11.6 Å². The number of fused-ring (bicyclic) bond motifs is 1. The summed E-state index contributed by atoms with van der Waals surface area (Å²) >= 11 is 2.58. The van der Waals surface area contributed by atoms with Gasteiger partial charge in [-0.2, -0.15) is 0 Å². The molecular weight excluding hydrogens is 259 g/mol. The number of halogens is 1. The first-order valence-corrected chi connectivity index (χ1v) is 6.34. The fourth-order valence-corrected chi connectivity index (χ4v) is 4.08. The molecule has 68 valence electrons. The Bertz CT molecular complexity index is 195. The zero-order valence-corrected chi connectivity index (χ0v) is 9.88. The van der Waals surface area contributed by atoms with Crippen molar-refractivity contribution in [2.45, 2.75) is 43.0 Å². The number of allylic oxidation sites excluding steroid dienone is 2. The van der Waals surface area contributed by atoms with E-state index < -0.39 is 0 Å². The lowest BCUT2D eigenvalue weighted by molar-refractivity contribution is 0.250. The van der Waals surface area contributed by atoms with Crippen LogP contribution >= 0.6 is 22.6 Å². The normalized spacial score (nSPS) is 41.8. The largest absolute Gasteiger partial charge is 0.0781 e. The van der Waals surface area contributed by atoms with Crippen LogP contribution in [0, 0.1) is 11.8 Å². The molecule has 0 radical (unpaired) electrons. The summed E-state index contributed by atoms with van der Waals surface area (Å²) in [6.07, 6.45) is 9.86. The third-order valence-corrected chi connectivity index (χ3v) is 4.33. The van der Waals surface area contributed by atoms with Crippen molar-refractivity contribution in [3.63, 3.8) is 0 Å². The highest BCUT2D eigenvalue weighted by atomic mass is 127. The minimum atomic E-state index is 0.821. The van der Waals surface area contributed by atoms with E-state index in [1.165, 1.54) is 32.1 Å². The van der Waals surface area contributed by atoms with Crippen LogP contribution in [-0.2, 0) is 0 Å². The molecule has 1 fully saturated rings. The minimum absolute atomic E-state index is 0.821. The second-order valence-corrected chi connectivity index (χ2v) is 5.91. The molecule has 2 rings (SSSR count). The van der Waals surface area contributed by atoms with Gasteiger partial charge in [0.15, 0.2) is 0 Å². The zero-order valence-electron chi connectivity index (χ0n) is 7.72. The summed E-state index contributed by atoms with van der Waals surface area (Å²) in [6, 6.07) is 0. The summed E-state index contributed by atoms with van der Waals surface area (Å²) < 4.78 is 0.821. The molecule has 0 heterocycles. The van der Waals surface area contributed by atoms with Gasteiger partial charge in [-0.25, -0.2) is 0 Å². The van der Waals surface area contributed by atoms with Crippen LogP contribution in [0.5, 0.6) is 0 Å². The maximum Gasteiger partial charge on any atom is 0.0294 e. The molecule has 2 unspecified atom stereocenters. The Morgan fingerprint density at radius 1 is 1.33 bits per heavy atom. The van der Waals surface area contributed by atoms with E-state index in [0.29, 0.717) is 0 Å². The van der Waals surface area contributed by atoms with Crippen molar-refractivity contribution in [1.82, 2.24) is 0 Å². The van der Waals surface area contributed by atoms with Gasteiger partial charge in [0.1, 0.15) is 0 Å². The van der Waals surface area contributed by atoms with E-state index in [-0.39, 0.29) is 0 Å². The Kier molecular flexibility index (Phi) is 2.78. The Labute approximate surface area is 88.9 Å². The number of hydrogen-bond acceptors (Lipinski definition) is 0. The molecule has 0 saturated heterocycles. The minimum Gasteiger partial charge on any atom is -0.0781 e. The van der Waals surface area contributed by atoms with Crippen molar-refractivity contribution in [2.24, 2.45) is 11.8 Å². The zero-order chi connectivity index (χ0) is 8.55. The molecule has 2 aliphatic rings. The summed E-state index contributed by atoms with van der Waals surface area (Å²) in [7, 11) is 0. The Hall–Kier alpha value is 0.470. The van der Waals surface area contributed by atoms with Gasteiger partial charge in [0, 0.05) is 3.92 Å². The molecule has 1 heteroatoms. The molecule has 1 saturated carbocycles. The molecule has 0 aromatic carbocycles. The van der Waals surface area contributed by atoms with Crippen molar-refractivity contribution < 1.29 is 0 Å². The molecule has 0 aliphatic heterocycles. The van der Waals surface area contributed by atoms with Crippen LogP contribution in [0.4, 0.5) is 0 Å². The van der Waals surface area contributed by atoms with E-state index >= 15 is 0 Å². The average molecular weight is 276 g/mol. The topological polar surface area (TPSA) is 0 Å². The molecule has 0 amide bonds. The standard InChI is InChI=1S/C11H17I/c1-8-6-10(12)7-9-4-2-3-5-11(8)9/h6,9-11H,2-5,7H2,1H3/t9?,10-,11?/m1/s1. The molecular formula is C11H17I. The van der Waals surface area contributed by atoms with Gasteiger partial charge < -0.3 is 0 Å². The molecule has 3 atom stereocenters. The van der Waals surface area contributed by atoms with Crippen LogP contribution in [-0.4, -0.2) is 3.92 Å². The molecule has 0 N–H and O–H groups in total. The van der Waals surface area contributed by atoms with Crippen LogP contribution in [0.2, 0.25) is 0 Å². The Balaban J connectivity index is 2.14. The maximum absolute atomic E-state index is 2.58. The van der Waals surface area contributed by atoms with E-state index in [1.54, 1.807) is 5.57 Å². The first kappa shape index (κ1) is 9.04.